The van der Waals surface area contributed by atoms with Gasteiger partial charge in [0, 0.05) is 30.4 Å². The van der Waals surface area contributed by atoms with E-state index in [-0.39, 0.29) is 5.69 Å². The molecule has 2 aromatic carbocycles. The number of anilines is 1. The number of hydrogen-bond acceptors (Lipinski definition) is 4. The number of nitrogens with zero attached hydrogens (tertiary/aromatic N) is 3. The third-order valence-corrected chi connectivity index (χ3v) is 3.58. The number of aromatic nitrogens is 2. The van der Waals surface area contributed by atoms with E-state index >= 15 is 0 Å². The van der Waals surface area contributed by atoms with Gasteiger partial charge in [0.05, 0.1) is 16.0 Å². The molecule has 6 heteroatoms. The Morgan fingerprint density at radius 1 is 1.29 bits per heavy atom. The van der Waals surface area contributed by atoms with Gasteiger partial charge in [0.15, 0.2) is 0 Å². The fraction of sp³-hybridized carbons (Fsp3) is 0.133. The molecule has 0 aliphatic carbocycles. The maximum Gasteiger partial charge on any atom is 0.270 e. The van der Waals surface area contributed by atoms with Crippen LogP contribution in [0.25, 0.3) is 22.4 Å². The van der Waals surface area contributed by atoms with Crippen molar-refractivity contribution in [2.45, 2.75) is 6.92 Å². The predicted molar refractivity (Wildman–Crippen MR) is 82.0 cm³/mol. The highest BCUT2D eigenvalue weighted by molar-refractivity contribution is 5.86. The number of nitro benzene ring substituents is 1. The number of aryl methyl sites for hydroxylation is 2. The topological polar surface area (TPSA) is 87.0 Å². The van der Waals surface area contributed by atoms with E-state index in [9.17, 15) is 10.1 Å². The Kier molecular flexibility index (Phi) is 2.86. The van der Waals surface area contributed by atoms with Crippen molar-refractivity contribution in [2.24, 2.45) is 7.05 Å². The van der Waals surface area contributed by atoms with E-state index in [0.29, 0.717) is 17.1 Å². The molecular formula is C15H14N4O2. The summed E-state index contributed by atoms with van der Waals surface area (Å²) < 4.78 is 1.92. The molecular weight excluding hydrogens is 268 g/mol. The zero-order chi connectivity index (χ0) is 15.1. The summed E-state index contributed by atoms with van der Waals surface area (Å²) in [5, 5.41) is 10.9. The number of para-hydroxylation sites is 1. The Labute approximate surface area is 121 Å². The molecule has 0 unspecified atom stereocenters. The monoisotopic (exact) mass is 282 g/mol. The van der Waals surface area contributed by atoms with E-state index in [1.165, 1.54) is 12.1 Å². The van der Waals surface area contributed by atoms with Crippen LogP contribution in [0.4, 0.5) is 11.4 Å². The minimum absolute atomic E-state index is 0.00276. The molecule has 0 fully saturated rings. The molecule has 2 N–H and O–H groups in total. The predicted octanol–water partition coefficient (Wildman–Crippen LogP) is 3.04. The Morgan fingerprint density at radius 2 is 2.05 bits per heavy atom. The van der Waals surface area contributed by atoms with Gasteiger partial charge in [-0.3, -0.25) is 10.1 Å². The Hall–Kier alpha value is -2.89. The first-order chi connectivity index (χ1) is 9.99. The summed E-state index contributed by atoms with van der Waals surface area (Å²) in [6.07, 6.45) is 0. The summed E-state index contributed by atoms with van der Waals surface area (Å²) in [5.41, 5.74) is 9.96. The number of hydrogen-bond donors (Lipinski definition) is 1. The molecule has 3 rings (SSSR count). The Bertz CT molecular complexity index is 867. The smallest absolute Gasteiger partial charge is 0.270 e. The molecule has 0 amide bonds. The Morgan fingerprint density at radius 3 is 2.71 bits per heavy atom. The number of fused-ring (bicyclic) bond motifs is 1. The molecule has 0 atom stereocenters. The van der Waals surface area contributed by atoms with Gasteiger partial charge in [-0.2, -0.15) is 0 Å². The van der Waals surface area contributed by atoms with Crippen LogP contribution in [0.15, 0.2) is 36.4 Å². The van der Waals surface area contributed by atoms with Crippen molar-refractivity contribution >= 4 is 22.4 Å². The van der Waals surface area contributed by atoms with Crippen LogP contribution in [0.1, 0.15) is 5.56 Å². The van der Waals surface area contributed by atoms with Gasteiger partial charge in [0.25, 0.3) is 5.69 Å². The van der Waals surface area contributed by atoms with Crippen molar-refractivity contribution in [1.82, 2.24) is 9.55 Å². The van der Waals surface area contributed by atoms with E-state index in [4.69, 9.17) is 5.73 Å². The van der Waals surface area contributed by atoms with Crippen LogP contribution >= 0.6 is 0 Å². The van der Waals surface area contributed by atoms with Crippen molar-refractivity contribution in [3.63, 3.8) is 0 Å². The molecule has 1 heterocycles. The van der Waals surface area contributed by atoms with E-state index in [1.807, 2.05) is 36.7 Å². The lowest BCUT2D eigenvalue weighted by atomic mass is 10.1. The molecule has 0 aliphatic heterocycles. The zero-order valence-electron chi connectivity index (χ0n) is 11.7. The normalized spacial score (nSPS) is 11.0. The highest BCUT2D eigenvalue weighted by Crippen LogP contribution is 2.31. The number of benzene rings is 2. The third kappa shape index (κ3) is 2.01. The average Bonchev–Trinajstić information content (AvgIpc) is 2.77. The van der Waals surface area contributed by atoms with Crippen molar-refractivity contribution in [2.75, 3.05) is 5.73 Å². The second kappa shape index (κ2) is 4.59. The first-order valence-electron chi connectivity index (χ1n) is 6.45. The first-order valence-corrected chi connectivity index (χ1v) is 6.45. The number of nitro groups is 1. The maximum absolute atomic E-state index is 10.9. The van der Waals surface area contributed by atoms with Crippen LogP contribution < -0.4 is 5.73 Å². The molecule has 106 valence electrons. The molecule has 0 bridgehead atoms. The molecule has 0 saturated heterocycles. The molecule has 21 heavy (non-hydrogen) atoms. The quantitative estimate of drug-likeness (QED) is 0.444. The highest BCUT2D eigenvalue weighted by atomic mass is 16.6. The molecule has 0 saturated carbocycles. The Balaban J connectivity index is 2.30. The fourth-order valence-electron chi connectivity index (χ4n) is 2.56. The van der Waals surface area contributed by atoms with Crippen molar-refractivity contribution in [3.8, 4) is 11.4 Å². The largest absolute Gasteiger partial charge is 0.398 e. The van der Waals surface area contributed by atoms with Crippen molar-refractivity contribution < 1.29 is 4.92 Å². The number of nitrogen functional groups attached to an aromatic ring is 1. The summed E-state index contributed by atoms with van der Waals surface area (Å²) >= 11 is 0. The lowest BCUT2D eigenvalue weighted by Crippen LogP contribution is -1.99. The summed E-state index contributed by atoms with van der Waals surface area (Å²) in [4.78, 5) is 15.1. The minimum Gasteiger partial charge on any atom is -0.398 e. The van der Waals surface area contributed by atoms with Crippen molar-refractivity contribution in [3.05, 3.63) is 52.1 Å². The van der Waals surface area contributed by atoms with Crippen molar-refractivity contribution in [1.29, 1.82) is 0 Å². The van der Waals surface area contributed by atoms with E-state index < -0.39 is 4.92 Å². The van der Waals surface area contributed by atoms with Gasteiger partial charge < -0.3 is 10.3 Å². The second-order valence-electron chi connectivity index (χ2n) is 4.97. The van der Waals surface area contributed by atoms with Crippen LogP contribution in [0, 0.1) is 17.0 Å². The molecule has 0 aliphatic rings. The number of imidazole rings is 1. The lowest BCUT2D eigenvalue weighted by Gasteiger charge is -2.06. The maximum atomic E-state index is 10.9. The molecule has 6 nitrogen and oxygen atoms in total. The van der Waals surface area contributed by atoms with E-state index in [0.717, 1.165) is 16.6 Å². The third-order valence-electron chi connectivity index (χ3n) is 3.58. The first kappa shape index (κ1) is 13.1. The van der Waals surface area contributed by atoms with E-state index in [2.05, 4.69) is 4.98 Å². The van der Waals surface area contributed by atoms with Crippen LogP contribution in [-0.2, 0) is 7.05 Å². The minimum atomic E-state index is -0.434. The number of non-ortho nitro benzene ring substituents is 1. The summed E-state index contributed by atoms with van der Waals surface area (Å²) in [5.74, 6) is 0.625. The van der Waals surface area contributed by atoms with Crippen LogP contribution in [0.3, 0.4) is 0 Å². The second-order valence-corrected chi connectivity index (χ2v) is 4.97. The van der Waals surface area contributed by atoms with Gasteiger partial charge in [0.2, 0.25) is 0 Å². The molecule has 0 spiro atoms. The molecule has 1 aromatic heterocycles. The molecule has 0 radical (unpaired) electrons. The average molecular weight is 282 g/mol. The zero-order valence-corrected chi connectivity index (χ0v) is 11.7. The van der Waals surface area contributed by atoms with Gasteiger partial charge in [-0.25, -0.2) is 4.98 Å². The SMILES string of the molecule is Cc1cccc2nc(-c3cc([N+](=O)[O-])ccc3N)n(C)c12. The van der Waals surface area contributed by atoms with Crippen LogP contribution in [0.2, 0.25) is 0 Å². The number of nitrogens with two attached hydrogens (primary N) is 1. The van der Waals surface area contributed by atoms with Gasteiger partial charge >= 0.3 is 0 Å². The number of rotatable bonds is 2. The van der Waals surface area contributed by atoms with Crippen LogP contribution in [-0.4, -0.2) is 14.5 Å². The van der Waals surface area contributed by atoms with Gasteiger partial charge in [-0.1, -0.05) is 12.1 Å². The van der Waals surface area contributed by atoms with E-state index in [1.54, 1.807) is 6.07 Å². The lowest BCUT2D eigenvalue weighted by molar-refractivity contribution is -0.384. The summed E-state index contributed by atoms with van der Waals surface area (Å²) in [6.45, 7) is 2.00. The fourth-order valence-corrected chi connectivity index (χ4v) is 2.56. The van der Waals surface area contributed by atoms with Gasteiger partial charge in [0.1, 0.15) is 5.82 Å². The van der Waals surface area contributed by atoms with Crippen LogP contribution in [0.5, 0.6) is 0 Å². The summed E-state index contributed by atoms with van der Waals surface area (Å²) in [6, 6.07) is 10.3. The highest BCUT2D eigenvalue weighted by Gasteiger charge is 2.17. The van der Waals surface area contributed by atoms with Gasteiger partial charge in [-0.05, 0) is 24.6 Å². The standard InChI is InChI=1S/C15H14N4O2/c1-9-4-3-5-13-14(9)18(2)15(17-13)11-8-10(19(20)21)6-7-12(11)16/h3-8H,16H2,1-2H3. The summed E-state index contributed by atoms with van der Waals surface area (Å²) in [7, 11) is 1.88. The molecule has 3 aromatic rings. The van der Waals surface area contributed by atoms with Gasteiger partial charge in [-0.15, -0.1) is 0 Å².